The first-order valence-electron chi connectivity index (χ1n) is 6.27. The average Bonchev–Trinajstić information content (AvgIpc) is 2.61. The molecule has 0 aliphatic heterocycles. The fourth-order valence-corrected chi connectivity index (χ4v) is 2.39. The van der Waals surface area contributed by atoms with Crippen molar-refractivity contribution in [3.8, 4) is 0 Å². The van der Waals surface area contributed by atoms with E-state index in [0.717, 1.165) is 31.7 Å². The lowest BCUT2D eigenvalue weighted by molar-refractivity contribution is -0.0281. The van der Waals surface area contributed by atoms with Crippen LogP contribution in [0.4, 0.5) is 0 Å². The van der Waals surface area contributed by atoms with E-state index < -0.39 is 0 Å². The molecule has 1 aliphatic rings. The van der Waals surface area contributed by atoms with Gasteiger partial charge in [-0.1, -0.05) is 0 Å². The molecule has 1 saturated carbocycles. The lowest BCUT2D eigenvalue weighted by Crippen LogP contribution is -2.36. The first-order chi connectivity index (χ1) is 8.17. The Morgan fingerprint density at radius 2 is 2.29 bits per heavy atom. The van der Waals surface area contributed by atoms with Crippen molar-refractivity contribution in [2.45, 2.75) is 44.8 Å². The summed E-state index contributed by atoms with van der Waals surface area (Å²) in [7, 11) is 1.76. The molecule has 0 saturated heterocycles. The molecule has 0 bridgehead atoms. The maximum atomic E-state index is 6.09. The molecular formula is C11H21N5O. The topological polar surface area (TPSA) is 78.9 Å². The van der Waals surface area contributed by atoms with Crippen LogP contribution in [0.5, 0.6) is 0 Å². The second kappa shape index (κ2) is 5.55. The number of hydrogen-bond acceptors (Lipinski definition) is 5. The van der Waals surface area contributed by atoms with Crippen LogP contribution < -0.4 is 5.73 Å². The fraction of sp³-hybridized carbons (Fsp3) is 0.909. The Bertz CT molecular complexity index is 347. The number of aromatic nitrogens is 4. The van der Waals surface area contributed by atoms with E-state index in [-0.39, 0.29) is 6.04 Å². The Labute approximate surface area is 102 Å². The standard InChI is InChI=1S/C11H21N5O/c1-3-17-10-5-8(6-10)4-9(12)7-11-13-15-16(2)14-11/h8-10H,3-7,12H2,1-2H3. The van der Waals surface area contributed by atoms with E-state index in [2.05, 4.69) is 15.4 Å². The lowest BCUT2D eigenvalue weighted by atomic mass is 9.78. The van der Waals surface area contributed by atoms with Gasteiger partial charge in [0.2, 0.25) is 0 Å². The number of ether oxygens (including phenoxy) is 1. The van der Waals surface area contributed by atoms with Gasteiger partial charge in [-0.2, -0.15) is 4.80 Å². The molecule has 0 aromatic carbocycles. The van der Waals surface area contributed by atoms with Crippen molar-refractivity contribution in [1.82, 2.24) is 20.2 Å². The Hall–Kier alpha value is -1.01. The highest BCUT2D eigenvalue weighted by atomic mass is 16.5. The van der Waals surface area contributed by atoms with Crippen molar-refractivity contribution in [2.75, 3.05) is 6.61 Å². The van der Waals surface area contributed by atoms with Crippen molar-refractivity contribution in [3.63, 3.8) is 0 Å². The number of nitrogens with zero attached hydrogens (tertiary/aromatic N) is 4. The summed E-state index contributed by atoms with van der Waals surface area (Å²) in [5.41, 5.74) is 6.09. The van der Waals surface area contributed by atoms with Crippen molar-refractivity contribution in [2.24, 2.45) is 18.7 Å². The predicted molar refractivity (Wildman–Crippen MR) is 63.2 cm³/mol. The summed E-state index contributed by atoms with van der Waals surface area (Å²) in [5, 5.41) is 11.9. The first kappa shape index (κ1) is 12.4. The smallest absolute Gasteiger partial charge is 0.176 e. The van der Waals surface area contributed by atoms with E-state index >= 15 is 0 Å². The number of aryl methyl sites for hydroxylation is 1. The molecule has 0 radical (unpaired) electrons. The third-order valence-corrected chi connectivity index (χ3v) is 3.23. The molecule has 1 aromatic heterocycles. The van der Waals surface area contributed by atoms with Crippen LogP contribution in [-0.4, -0.2) is 39.0 Å². The van der Waals surface area contributed by atoms with Gasteiger partial charge in [0.25, 0.3) is 0 Å². The molecule has 6 nitrogen and oxygen atoms in total. The summed E-state index contributed by atoms with van der Waals surface area (Å²) in [6, 6.07) is 0.131. The van der Waals surface area contributed by atoms with Crippen molar-refractivity contribution in [3.05, 3.63) is 5.82 Å². The molecule has 2 N–H and O–H groups in total. The zero-order valence-electron chi connectivity index (χ0n) is 10.5. The van der Waals surface area contributed by atoms with Crippen LogP contribution in [-0.2, 0) is 18.2 Å². The zero-order valence-corrected chi connectivity index (χ0v) is 10.5. The van der Waals surface area contributed by atoms with Gasteiger partial charge < -0.3 is 10.5 Å². The molecule has 17 heavy (non-hydrogen) atoms. The van der Waals surface area contributed by atoms with Gasteiger partial charge in [-0.3, -0.25) is 0 Å². The molecule has 1 fully saturated rings. The predicted octanol–water partition coefficient (Wildman–Crippen LogP) is 0.285. The largest absolute Gasteiger partial charge is 0.378 e. The van der Waals surface area contributed by atoms with Crippen LogP contribution in [0.1, 0.15) is 32.0 Å². The molecule has 6 heteroatoms. The number of rotatable bonds is 6. The number of hydrogen-bond donors (Lipinski definition) is 1. The second-order valence-corrected chi connectivity index (χ2v) is 4.81. The lowest BCUT2D eigenvalue weighted by Gasteiger charge is -2.36. The van der Waals surface area contributed by atoms with Crippen LogP contribution in [0.25, 0.3) is 0 Å². The maximum Gasteiger partial charge on any atom is 0.176 e. The van der Waals surface area contributed by atoms with Crippen molar-refractivity contribution >= 4 is 0 Å². The van der Waals surface area contributed by atoms with E-state index in [1.54, 1.807) is 7.05 Å². The van der Waals surface area contributed by atoms with Gasteiger partial charge >= 0.3 is 0 Å². The van der Waals surface area contributed by atoms with Crippen LogP contribution >= 0.6 is 0 Å². The molecular weight excluding hydrogens is 218 g/mol. The summed E-state index contributed by atoms with van der Waals surface area (Å²) >= 11 is 0. The molecule has 1 aliphatic carbocycles. The van der Waals surface area contributed by atoms with Gasteiger partial charge in [-0.05, 0) is 37.3 Å². The van der Waals surface area contributed by atoms with Gasteiger partial charge in [0.05, 0.1) is 13.2 Å². The van der Waals surface area contributed by atoms with Gasteiger partial charge in [0.1, 0.15) is 0 Å². The third kappa shape index (κ3) is 3.47. The minimum Gasteiger partial charge on any atom is -0.378 e. The average molecular weight is 239 g/mol. The molecule has 96 valence electrons. The van der Waals surface area contributed by atoms with Gasteiger partial charge in [-0.25, -0.2) is 0 Å². The Balaban J connectivity index is 1.67. The van der Waals surface area contributed by atoms with Gasteiger partial charge in [0, 0.05) is 19.1 Å². The van der Waals surface area contributed by atoms with E-state index in [1.165, 1.54) is 4.80 Å². The quantitative estimate of drug-likeness (QED) is 0.771. The van der Waals surface area contributed by atoms with Crippen molar-refractivity contribution in [1.29, 1.82) is 0 Å². The van der Waals surface area contributed by atoms with E-state index in [0.29, 0.717) is 18.4 Å². The summed E-state index contributed by atoms with van der Waals surface area (Å²) < 4.78 is 5.53. The highest BCUT2D eigenvalue weighted by molar-refractivity contribution is 4.88. The first-order valence-corrected chi connectivity index (χ1v) is 6.27. The van der Waals surface area contributed by atoms with E-state index in [4.69, 9.17) is 10.5 Å². The highest BCUT2D eigenvalue weighted by Crippen LogP contribution is 2.33. The van der Waals surface area contributed by atoms with E-state index in [1.807, 2.05) is 6.92 Å². The zero-order chi connectivity index (χ0) is 12.3. The summed E-state index contributed by atoms with van der Waals surface area (Å²) in [6.45, 7) is 2.85. The van der Waals surface area contributed by atoms with Crippen molar-refractivity contribution < 1.29 is 4.74 Å². The maximum absolute atomic E-state index is 6.09. The second-order valence-electron chi connectivity index (χ2n) is 4.81. The Morgan fingerprint density at radius 1 is 1.53 bits per heavy atom. The monoisotopic (exact) mass is 239 g/mol. The number of nitrogens with two attached hydrogens (primary N) is 1. The summed E-state index contributed by atoms with van der Waals surface area (Å²) in [6.07, 6.45) is 4.50. The fourth-order valence-electron chi connectivity index (χ4n) is 2.39. The highest BCUT2D eigenvalue weighted by Gasteiger charge is 2.30. The normalized spacial score (nSPS) is 25.6. The Kier molecular flexibility index (Phi) is 4.06. The minimum atomic E-state index is 0.131. The van der Waals surface area contributed by atoms with Crippen LogP contribution in [0, 0.1) is 5.92 Å². The molecule has 1 unspecified atom stereocenters. The minimum absolute atomic E-state index is 0.131. The van der Waals surface area contributed by atoms with Gasteiger partial charge in [0.15, 0.2) is 5.82 Å². The molecule has 1 heterocycles. The van der Waals surface area contributed by atoms with Gasteiger partial charge in [-0.15, -0.1) is 10.2 Å². The molecule has 0 spiro atoms. The molecule has 1 atom stereocenters. The summed E-state index contributed by atoms with van der Waals surface area (Å²) in [4.78, 5) is 1.47. The van der Waals surface area contributed by atoms with Crippen LogP contribution in [0.2, 0.25) is 0 Å². The molecule has 0 amide bonds. The third-order valence-electron chi connectivity index (χ3n) is 3.23. The number of tetrazole rings is 1. The molecule has 1 aromatic rings. The molecule has 2 rings (SSSR count). The van der Waals surface area contributed by atoms with E-state index in [9.17, 15) is 0 Å². The van der Waals surface area contributed by atoms with Crippen LogP contribution in [0.15, 0.2) is 0 Å². The Morgan fingerprint density at radius 3 is 2.88 bits per heavy atom. The SMILES string of the molecule is CCOC1CC(CC(N)Cc2nnn(C)n2)C1. The van der Waals surface area contributed by atoms with Crippen LogP contribution in [0.3, 0.4) is 0 Å². The summed E-state index contributed by atoms with van der Waals surface area (Å²) in [5.74, 6) is 1.44.